The minimum absolute atomic E-state index is 0.00908. The highest BCUT2D eigenvalue weighted by molar-refractivity contribution is 6.09. The number of anilines is 1. The molecule has 1 N–H and O–H groups in total. The molecule has 0 aliphatic rings. The molecule has 1 amide bonds. The van der Waals surface area contributed by atoms with Crippen LogP contribution >= 0.6 is 0 Å². The van der Waals surface area contributed by atoms with E-state index in [9.17, 15) is 33.3 Å². The van der Waals surface area contributed by atoms with Gasteiger partial charge in [-0.1, -0.05) is 36.4 Å². The molecule has 0 bridgehead atoms. The Balaban J connectivity index is 1.79. The number of nitriles is 1. The van der Waals surface area contributed by atoms with Crippen LogP contribution in [0.15, 0.2) is 78.4 Å². The van der Waals surface area contributed by atoms with Gasteiger partial charge in [0.05, 0.1) is 10.5 Å². The van der Waals surface area contributed by atoms with Crippen LogP contribution in [0.4, 0.5) is 24.5 Å². The SMILES string of the molecule is N#C/C(=C\c1ccccc1OCc1cccc([N+](=O)[O-])c1)C(=O)Nc1cccc(C(F)(F)F)c1. The zero-order chi connectivity index (χ0) is 24.7. The molecular weight excluding hydrogens is 451 g/mol. The van der Waals surface area contributed by atoms with E-state index in [1.165, 1.54) is 30.3 Å². The minimum atomic E-state index is -4.58. The number of benzene rings is 3. The Morgan fingerprint density at radius 1 is 1.09 bits per heavy atom. The number of carbonyl (C=O) groups is 1. The van der Waals surface area contributed by atoms with Crippen molar-refractivity contribution in [2.45, 2.75) is 12.8 Å². The molecule has 0 aromatic heterocycles. The summed E-state index contributed by atoms with van der Waals surface area (Å²) in [5.74, 6) is -0.594. The van der Waals surface area contributed by atoms with Gasteiger partial charge in [-0.15, -0.1) is 0 Å². The highest BCUT2D eigenvalue weighted by atomic mass is 19.4. The van der Waals surface area contributed by atoms with E-state index in [-0.39, 0.29) is 23.6 Å². The van der Waals surface area contributed by atoms with E-state index in [0.717, 1.165) is 18.2 Å². The summed E-state index contributed by atoms with van der Waals surface area (Å²) in [6, 6.07) is 18.1. The van der Waals surface area contributed by atoms with Crippen molar-refractivity contribution < 1.29 is 27.6 Å². The third kappa shape index (κ3) is 6.20. The van der Waals surface area contributed by atoms with Gasteiger partial charge in [0.1, 0.15) is 24.0 Å². The zero-order valence-corrected chi connectivity index (χ0v) is 17.4. The van der Waals surface area contributed by atoms with Crippen LogP contribution in [-0.2, 0) is 17.6 Å². The van der Waals surface area contributed by atoms with E-state index in [0.29, 0.717) is 16.9 Å². The number of non-ortho nitro benzene ring substituents is 1. The largest absolute Gasteiger partial charge is 0.488 e. The normalized spacial score (nSPS) is 11.4. The molecule has 0 heterocycles. The summed E-state index contributed by atoms with van der Waals surface area (Å²) in [7, 11) is 0. The number of hydrogen-bond donors (Lipinski definition) is 1. The summed E-state index contributed by atoms with van der Waals surface area (Å²) in [6.45, 7) is -0.00908. The van der Waals surface area contributed by atoms with Crippen LogP contribution in [0.3, 0.4) is 0 Å². The summed E-state index contributed by atoms with van der Waals surface area (Å²) in [5, 5.41) is 22.7. The third-order valence-corrected chi connectivity index (χ3v) is 4.55. The van der Waals surface area contributed by atoms with Crippen molar-refractivity contribution in [1.82, 2.24) is 0 Å². The van der Waals surface area contributed by atoms with Crippen LogP contribution in [-0.4, -0.2) is 10.8 Å². The van der Waals surface area contributed by atoms with Crippen LogP contribution < -0.4 is 10.1 Å². The predicted molar refractivity (Wildman–Crippen MR) is 118 cm³/mol. The summed E-state index contributed by atoms with van der Waals surface area (Å²) < 4.78 is 44.4. The molecule has 0 radical (unpaired) electrons. The van der Waals surface area contributed by atoms with Crippen molar-refractivity contribution in [3.05, 3.63) is 105 Å². The maximum Gasteiger partial charge on any atom is 0.416 e. The number of nitro benzene ring substituents is 1. The van der Waals surface area contributed by atoms with Crippen molar-refractivity contribution in [2.75, 3.05) is 5.32 Å². The number of nitrogens with zero attached hydrogens (tertiary/aromatic N) is 2. The molecule has 0 aliphatic carbocycles. The lowest BCUT2D eigenvalue weighted by Gasteiger charge is -2.11. The van der Waals surface area contributed by atoms with Crippen LogP contribution in [0.1, 0.15) is 16.7 Å². The fourth-order valence-corrected chi connectivity index (χ4v) is 2.93. The number of hydrogen-bond acceptors (Lipinski definition) is 5. The first kappa shape index (κ1) is 24.0. The molecule has 34 heavy (non-hydrogen) atoms. The molecule has 0 saturated carbocycles. The number of nitro groups is 1. The molecule has 0 aliphatic heterocycles. The molecule has 172 valence electrons. The predicted octanol–water partition coefficient (Wildman–Crippen LogP) is 5.74. The van der Waals surface area contributed by atoms with Crippen molar-refractivity contribution in [2.24, 2.45) is 0 Å². The lowest BCUT2D eigenvalue weighted by Crippen LogP contribution is -2.14. The molecule has 0 fully saturated rings. The summed E-state index contributed by atoms with van der Waals surface area (Å²) in [5.41, 5.74) is -0.598. The molecule has 10 heteroatoms. The van der Waals surface area contributed by atoms with Crippen LogP contribution in [0, 0.1) is 21.4 Å². The van der Waals surface area contributed by atoms with Crippen molar-refractivity contribution in [3.63, 3.8) is 0 Å². The van der Waals surface area contributed by atoms with Crippen molar-refractivity contribution in [1.29, 1.82) is 5.26 Å². The first-order chi connectivity index (χ1) is 16.2. The molecule has 3 aromatic rings. The molecule has 7 nitrogen and oxygen atoms in total. The zero-order valence-electron chi connectivity index (χ0n) is 17.4. The number of alkyl halides is 3. The lowest BCUT2D eigenvalue weighted by atomic mass is 10.1. The quantitative estimate of drug-likeness (QED) is 0.207. The number of rotatable bonds is 7. The van der Waals surface area contributed by atoms with E-state index in [4.69, 9.17) is 4.74 Å². The van der Waals surface area contributed by atoms with Crippen molar-refractivity contribution >= 4 is 23.4 Å². The van der Waals surface area contributed by atoms with Gasteiger partial charge >= 0.3 is 6.18 Å². The molecule has 3 aromatic carbocycles. The number of amides is 1. The smallest absolute Gasteiger partial charge is 0.416 e. The van der Waals surface area contributed by atoms with E-state index in [2.05, 4.69) is 5.32 Å². The topological polar surface area (TPSA) is 105 Å². The Kier molecular flexibility index (Phi) is 7.28. The maximum absolute atomic E-state index is 12.9. The van der Waals surface area contributed by atoms with Crippen molar-refractivity contribution in [3.8, 4) is 11.8 Å². The van der Waals surface area contributed by atoms with Crippen LogP contribution in [0.2, 0.25) is 0 Å². The van der Waals surface area contributed by atoms with E-state index in [1.54, 1.807) is 36.4 Å². The molecule has 0 unspecified atom stereocenters. The number of halogens is 3. The Bertz CT molecular complexity index is 1300. The molecule has 0 saturated heterocycles. The molecule has 0 spiro atoms. The Hall–Kier alpha value is -4.65. The van der Waals surface area contributed by atoms with Gasteiger partial charge in [0.2, 0.25) is 0 Å². The maximum atomic E-state index is 12.9. The fourth-order valence-electron chi connectivity index (χ4n) is 2.93. The Labute approximate surface area is 191 Å². The molecule has 3 rings (SSSR count). The average molecular weight is 467 g/mol. The molecule has 0 atom stereocenters. The Morgan fingerprint density at radius 3 is 2.53 bits per heavy atom. The summed E-state index contributed by atoms with van der Waals surface area (Å²) in [4.78, 5) is 22.9. The van der Waals surface area contributed by atoms with Gasteiger partial charge in [-0.3, -0.25) is 14.9 Å². The number of ether oxygens (including phenoxy) is 1. The van der Waals surface area contributed by atoms with Gasteiger partial charge in [0, 0.05) is 23.4 Å². The van der Waals surface area contributed by atoms with Gasteiger partial charge in [-0.2, -0.15) is 18.4 Å². The fraction of sp³-hybridized carbons (Fsp3) is 0.0833. The minimum Gasteiger partial charge on any atom is -0.488 e. The van der Waals surface area contributed by atoms with Gasteiger partial charge in [-0.25, -0.2) is 0 Å². The second kappa shape index (κ2) is 10.3. The Morgan fingerprint density at radius 2 is 1.82 bits per heavy atom. The monoisotopic (exact) mass is 467 g/mol. The number of para-hydroxylation sites is 1. The molecular formula is C24H16F3N3O4. The van der Waals surface area contributed by atoms with E-state index in [1.807, 2.05) is 0 Å². The van der Waals surface area contributed by atoms with E-state index < -0.39 is 22.6 Å². The number of nitrogens with one attached hydrogen (secondary N) is 1. The van der Waals surface area contributed by atoms with E-state index >= 15 is 0 Å². The van der Waals surface area contributed by atoms with Crippen LogP contribution in [0.25, 0.3) is 6.08 Å². The highest BCUT2D eigenvalue weighted by Crippen LogP contribution is 2.31. The number of carbonyl (C=O) groups excluding carboxylic acids is 1. The first-order valence-corrected chi connectivity index (χ1v) is 9.73. The third-order valence-electron chi connectivity index (χ3n) is 4.55. The highest BCUT2D eigenvalue weighted by Gasteiger charge is 2.30. The van der Waals surface area contributed by atoms with Crippen LogP contribution in [0.5, 0.6) is 5.75 Å². The summed E-state index contributed by atoms with van der Waals surface area (Å²) in [6.07, 6.45) is -3.34. The standard InChI is InChI=1S/C24H16F3N3O4/c25-24(26,27)19-7-4-8-20(13-19)29-23(31)18(14-28)12-17-6-1-2-10-22(17)34-15-16-5-3-9-21(11-16)30(32)33/h1-13H,15H2,(H,29,31)/b18-12+. The van der Waals surface area contributed by atoms with Gasteiger partial charge in [0.25, 0.3) is 11.6 Å². The second-order valence-electron chi connectivity index (χ2n) is 6.96. The first-order valence-electron chi connectivity index (χ1n) is 9.73. The van der Waals surface area contributed by atoms with Gasteiger partial charge in [0.15, 0.2) is 0 Å². The van der Waals surface area contributed by atoms with Gasteiger partial charge < -0.3 is 10.1 Å². The second-order valence-corrected chi connectivity index (χ2v) is 6.96. The average Bonchev–Trinajstić information content (AvgIpc) is 2.81. The van der Waals surface area contributed by atoms with Gasteiger partial charge in [-0.05, 0) is 35.9 Å². The summed E-state index contributed by atoms with van der Waals surface area (Å²) >= 11 is 0. The lowest BCUT2D eigenvalue weighted by molar-refractivity contribution is -0.384.